The van der Waals surface area contributed by atoms with Crippen LogP contribution in [-0.4, -0.2) is 20.7 Å². The molecule has 7 nitrogen and oxygen atoms in total. The molecule has 3 aromatic rings. The fraction of sp³-hybridized carbons (Fsp3) is 0.278. The largest absolute Gasteiger partial charge is 0.399 e. The van der Waals surface area contributed by atoms with E-state index in [-0.39, 0.29) is 5.91 Å². The number of aryl methyl sites for hydroxylation is 2. The summed E-state index contributed by atoms with van der Waals surface area (Å²) in [5.74, 6) is -0.196. The number of rotatable bonds is 5. The third-order valence-electron chi connectivity index (χ3n) is 4.23. The van der Waals surface area contributed by atoms with Crippen LogP contribution in [0.5, 0.6) is 0 Å². The number of benzene rings is 1. The summed E-state index contributed by atoms with van der Waals surface area (Å²) in [6.45, 7) is 5.06. The first-order valence-corrected chi connectivity index (χ1v) is 8.31. The van der Waals surface area contributed by atoms with E-state index in [0.29, 0.717) is 23.5 Å². The maximum atomic E-state index is 12.4. The predicted molar refractivity (Wildman–Crippen MR) is 99.0 cm³/mol. The molecule has 1 aromatic carbocycles. The summed E-state index contributed by atoms with van der Waals surface area (Å²) in [7, 11) is 0. The molecule has 3 rings (SSSR count). The molecule has 5 N–H and O–H groups in total. The van der Waals surface area contributed by atoms with Crippen molar-refractivity contribution in [1.29, 1.82) is 0 Å². The van der Waals surface area contributed by atoms with Crippen LogP contribution < -0.4 is 16.8 Å². The van der Waals surface area contributed by atoms with E-state index in [1.165, 1.54) is 0 Å². The fourth-order valence-electron chi connectivity index (χ4n) is 2.87. The summed E-state index contributed by atoms with van der Waals surface area (Å²) in [6.07, 6.45) is 2.45. The molecule has 130 valence electrons. The number of carbonyl (C=O) groups is 1. The van der Waals surface area contributed by atoms with Crippen LogP contribution in [0.25, 0.3) is 11.0 Å². The molecule has 0 bridgehead atoms. The Balaban J connectivity index is 1.90. The average molecular weight is 338 g/mol. The number of nitrogens with two attached hydrogens (primary N) is 2. The van der Waals surface area contributed by atoms with Crippen LogP contribution in [0.15, 0.2) is 30.5 Å². The molecule has 0 saturated carbocycles. The Labute approximate surface area is 146 Å². The van der Waals surface area contributed by atoms with E-state index in [9.17, 15) is 4.79 Å². The van der Waals surface area contributed by atoms with E-state index in [4.69, 9.17) is 16.5 Å². The van der Waals surface area contributed by atoms with Gasteiger partial charge in [0.1, 0.15) is 0 Å². The Morgan fingerprint density at radius 2 is 2.08 bits per heavy atom. The maximum absolute atomic E-state index is 12.4. The lowest BCUT2D eigenvalue weighted by atomic mass is 10.1. The van der Waals surface area contributed by atoms with Crippen LogP contribution in [0.3, 0.4) is 0 Å². The number of carbonyl (C=O) groups excluding carboxylic acids is 1. The van der Waals surface area contributed by atoms with Crippen LogP contribution in [0, 0.1) is 0 Å². The number of fused-ring (bicyclic) bond motifs is 1. The Bertz CT molecular complexity index is 931. The molecular weight excluding hydrogens is 316 g/mol. The number of anilines is 2. The second-order valence-corrected chi connectivity index (χ2v) is 5.81. The lowest BCUT2D eigenvalue weighted by molar-refractivity contribution is 0.0951. The van der Waals surface area contributed by atoms with Gasteiger partial charge in [0.2, 0.25) is 0 Å². The first kappa shape index (κ1) is 16.8. The number of hydrogen-bond acceptors (Lipinski definition) is 5. The normalized spacial score (nSPS) is 11.0. The first-order chi connectivity index (χ1) is 12.0. The molecule has 0 atom stereocenters. The van der Waals surface area contributed by atoms with Gasteiger partial charge in [0.05, 0.1) is 17.3 Å². The SMILES string of the molecule is CCc1nc2c(cnn2CC)c(N)c1CNC(=O)c1cccc(N)c1. The average Bonchev–Trinajstić information content (AvgIpc) is 3.03. The summed E-state index contributed by atoms with van der Waals surface area (Å²) in [6, 6.07) is 6.87. The zero-order valence-electron chi connectivity index (χ0n) is 14.4. The highest BCUT2D eigenvalue weighted by Crippen LogP contribution is 2.26. The van der Waals surface area contributed by atoms with Gasteiger partial charge in [-0.15, -0.1) is 0 Å². The molecule has 7 heteroatoms. The van der Waals surface area contributed by atoms with Crippen molar-refractivity contribution in [2.24, 2.45) is 0 Å². The molecule has 0 aliphatic rings. The molecule has 0 unspecified atom stereocenters. The minimum absolute atomic E-state index is 0.196. The van der Waals surface area contributed by atoms with Crippen molar-refractivity contribution in [3.63, 3.8) is 0 Å². The zero-order valence-corrected chi connectivity index (χ0v) is 14.4. The Hall–Kier alpha value is -3.09. The maximum Gasteiger partial charge on any atom is 0.251 e. The number of hydrogen-bond donors (Lipinski definition) is 3. The van der Waals surface area contributed by atoms with E-state index in [1.54, 1.807) is 30.5 Å². The summed E-state index contributed by atoms with van der Waals surface area (Å²) < 4.78 is 1.82. The number of nitrogens with one attached hydrogen (secondary N) is 1. The minimum atomic E-state index is -0.196. The van der Waals surface area contributed by atoms with Crippen molar-refractivity contribution >= 4 is 28.3 Å². The van der Waals surface area contributed by atoms with Crippen molar-refractivity contribution in [3.05, 3.63) is 47.3 Å². The molecule has 2 heterocycles. The summed E-state index contributed by atoms with van der Waals surface area (Å²) in [5.41, 5.74) is 16.3. The highest BCUT2D eigenvalue weighted by molar-refractivity contribution is 5.95. The molecule has 0 aliphatic heterocycles. The Morgan fingerprint density at radius 3 is 2.76 bits per heavy atom. The van der Waals surface area contributed by atoms with Crippen molar-refractivity contribution in [2.75, 3.05) is 11.5 Å². The smallest absolute Gasteiger partial charge is 0.251 e. The Kier molecular flexibility index (Phi) is 4.56. The molecule has 0 radical (unpaired) electrons. The van der Waals surface area contributed by atoms with E-state index in [0.717, 1.165) is 35.3 Å². The van der Waals surface area contributed by atoms with Gasteiger partial charge in [-0.1, -0.05) is 13.0 Å². The molecule has 0 aliphatic carbocycles. The third kappa shape index (κ3) is 3.13. The van der Waals surface area contributed by atoms with Gasteiger partial charge in [-0.25, -0.2) is 9.67 Å². The lowest BCUT2D eigenvalue weighted by Crippen LogP contribution is -2.24. The lowest BCUT2D eigenvalue weighted by Gasteiger charge is -2.13. The quantitative estimate of drug-likeness (QED) is 0.617. The summed E-state index contributed by atoms with van der Waals surface area (Å²) >= 11 is 0. The molecule has 0 fully saturated rings. The monoisotopic (exact) mass is 338 g/mol. The van der Waals surface area contributed by atoms with Gasteiger partial charge >= 0.3 is 0 Å². The minimum Gasteiger partial charge on any atom is -0.399 e. The molecule has 25 heavy (non-hydrogen) atoms. The van der Waals surface area contributed by atoms with Crippen molar-refractivity contribution < 1.29 is 4.79 Å². The van der Waals surface area contributed by atoms with Gasteiger partial charge in [-0.05, 0) is 31.5 Å². The van der Waals surface area contributed by atoms with E-state index in [1.807, 2.05) is 18.5 Å². The second kappa shape index (κ2) is 6.80. The van der Waals surface area contributed by atoms with Gasteiger partial charge in [0.15, 0.2) is 5.65 Å². The van der Waals surface area contributed by atoms with E-state index in [2.05, 4.69) is 10.4 Å². The van der Waals surface area contributed by atoms with Crippen LogP contribution in [-0.2, 0) is 19.5 Å². The van der Waals surface area contributed by atoms with Gasteiger partial charge in [-0.3, -0.25) is 4.79 Å². The molecule has 0 spiro atoms. The highest BCUT2D eigenvalue weighted by atomic mass is 16.1. The van der Waals surface area contributed by atoms with Crippen LogP contribution >= 0.6 is 0 Å². The number of amides is 1. The van der Waals surface area contributed by atoms with Crippen molar-refractivity contribution in [1.82, 2.24) is 20.1 Å². The number of nitrogens with zero attached hydrogens (tertiary/aromatic N) is 3. The summed E-state index contributed by atoms with van der Waals surface area (Å²) in [5, 5.41) is 8.03. The van der Waals surface area contributed by atoms with Crippen LogP contribution in [0.1, 0.15) is 35.5 Å². The standard InChI is InChI=1S/C18H22N6O/c1-3-15-13(9-21-18(25)11-6-5-7-12(19)8-11)16(20)14-10-22-24(4-2)17(14)23-15/h5-8,10H,3-4,9,19H2,1-2H3,(H2,20,23)(H,21,25). The topological polar surface area (TPSA) is 112 Å². The zero-order chi connectivity index (χ0) is 18.0. The van der Waals surface area contributed by atoms with Gasteiger partial charge in [-0.2, -0.15) is 5.10 Å². The molecule has 2 aromatic heterocycles. The number of pyridine rings is 1. The molecule has 0 saturated heterocycles. The van der Waals surface area contributed by atoms with E-state index >= 15 is 0 Å². The third-order valence-corrected chi connectivity index (χ3v) is 4.23. The van der Waals surface area contributed by atoms with Gasteiger partial charge < -0.3 is 16.8 Å². The van der Waals surface area contributed by atoms with Crippen LogP contribution in [0.2, 0.25) is 0 Å². The van der Waals surface area contributed by atoms with Gasteiger partial charge in [0, 0.05) is 35.6 Å². The van der Waals surface area contributed by atoms with E-state index < -0.39 is 0 Å². The predicted octanol–water partition coefficient (Wildman–Crippen LogP) is 2.11. The number of aromatic nitrogens is 3. The van der Waals surface area contributed by atoms with Crippen molar-refractivity contribution in [3.8, 4) is 0 Å². The highest BCUT2D eigenvalue weighted by Gasteiger charge is 2.16. The van der Waals surface area contributed by atoms with Crippen molar-refractivity contribution in [2.45, 2.75) is 33.4 Å². The first-order valence-electron chi connectivity index (χ1n) is 8.31. The molecular formula is C18H22N6O. The van der Waals surface area contributed by atoms with Gasteiger partial charge in [0.25, 0.3) is 5.91 Å². The molecule has 1 amide bonds. The number of nitrogen functional groups attached to an aromatic ring is 2. The Morgan fingerprint density at radius 1 is 1.28 bits per heavy atom. The van der Waals surface area contributed by atoms with Crippen LogP contribution in [0.4, 0.5) is 11.4 Å². The summed E-state index contributed by atoms with van der Waals surface area (Å²) in [4.78, 5) is 17.1. The fourth-order valence-corrected chi connectivity index (χ4v) is 2.87. The second-order valence-electron chi connectivity index (χ2n) is 5.81.